The van der Waals surface area contributed by atoms with E-state index in [2.05, 4.69) is 40.7 Å². The molecule has 302 valence electrons. The summed E-state index contributed by atoms with van der Waals surface area (Å²) >= 11 is 13.2. The highest BCUT2D eigenvalue weighted by atomic mass is 35.5. The third kappa shape index (κ3) is 8.20. The molecule has 0 radical (unpaired) electrons. The van der Waals surface area contributed by atoms with Gasteiger partial charge in [-0.1, -0.05) is 83.2 Å². The third-order valence-corrected chi connectivity index (χ3v) is 16.0. The predicted molar refractivity (Wildman–Crippen MR) is 223 cm³/mol. The van der Waals surface area contributed by atoms with Gasteiger partial charge in [-0.2, -0.15) is 0 Å². The molecule has 2 aromatic rings. The zero-order valence-corrected chi connectivity index (χ0v) is 35.7. The molecule has 6 rings (SSSR count). The first-order valence-electron chi connectivity index (χ1n) is 21.0. The highest BCUT2D eigenvalue weighted by Crippen LogP contribution is 2.69. The maximum absolute atomic E-state index is 12.3. The Labute approximate surface area is 339 Å². The van der Waals surface area contributed by atoms with Crippen LogP contribution in [0.15, 0.2) is 30.3 Å². The Morgan fingerprint density at radius 1 is 0.800 bits per heavy atom. The average molecular weight is 796 g/mol. The van der Waals surface area contributed by atoms with Gasteiger partial charge < -0.3 is 19.7 Å². The zero-order valence-electron chi connectivity index (χ0n) is 34.2. The molecule has 0 aliphatic heterocycles. The van der Waals surface area contributed by atoms with E-state index in [1.807, 2.05) is 0 Å². The lowest BCUT2D eigenvalue weighted by Crippen LogP contribution is -2.53. The first-order chi connectivity index (χ1) is 26.1. The molecular weight excluding hydrogens is 731 g/mol. The van der Waals surface area contributed by atoms with Crippen molar-refractivity contribution in [2.24, 2.45) is 58.2 Å². The van der Waals surface area contributed by atoms with E-state index in [0.29, 0.717) is 33.4 Å². The van der Waals surface area contributed by atoms with Crippen molar-refractivity contribution >= 4 is 40.7 Å². The summed E-state index contributed by atoms with van der Waals surface area (Å²) in [5.41, 5.74) is 2.59. The van der Waals surface area contributed by atoms with Gasteiger partial charge in [0.2, 0.25) is 0 Å². The number of benzene rings is 2. The smallest absolute Gasteiger partial charge is 0.339 e. The van der Waals surface area contributed by atoms with Crippen molar-refractivity contribution in [3.05, 3.63) is 62.6 Å². The number of rotatable bonds is 14. The van der Waals surface area contributed by atoms with E-state index in [4.69, 9.17) is 32.7 Å². The molecule has 0 amide bonds. The van der Waals surface area contributed by atoms with Crippen LogP contribution in [0.5, 0.6) is 11.5 Å². The summed E-state index contributed by atoms with van der Waals surface area (Å²) in [5.74, 6) is 4.34. The van der Waals surface area contributed by atoms with Gasteiger partial charge in [-0.25, -0.2) is 9.59 Å². The van der Waals surface area contributed by atoms with Crippen LogP contribution in [0.3, 0.4) is 0 Å². The number of allylic oxidation sites excluding steroid dienone is 1. The molecule has 4 aliphatic carbocycles. The molecular formula is C47H64Cl2O6. The fourth-order valence-corrected chi connectivity index (χ4v) is 13.3. The van der Waals surface area contributed by atoms with Gasteiger partial charge in [0.05, 0.1) is 24.3 Å². The molecule has 0 heterocycles. The van der Waals surface area contributed by atoms with Crippen LogP contribution in [0, 0.1) is 58.2 Å². The topological polar surface area (TPSA) is 93.1 Å². The second-order valence-electron chi connectivity index (χ2n) is 18.7. The van der Waals surface area contributed by atoms with Crippen molar-refractivity contribution in [1.29, 1.82) is 0 Å². The lowest BCUT2D eigenvalue weighted by Gasteiger charge is -2.61. The van der Waals surface area contributed by atoms with Gasteiger partial charge >= 0.3 is 11.9 Å². The number of carbonyl (C=O) groups is 2. The number of carboxylic acid groups (broad SMARTS) is 2. The van der Waals surface area contributed by atoms with E-state index in [0.717, 1.165) is 54.3 Å². The summed E-state index contributed by atoms with van der Waals surface area (Å²) in [6, 6.07) is 6.43. The number of ether oxygens (including phenoxy) is 2. The van der Waals surface area contributed by atoms with Gasteiger partial charge in [0.15, 0.2) is 11.5 Å². The van der Waals surface area contributed by atoms with Gasteiger partial charge in [-0.3, -0.25) is 0 Å². The quantitative estimate of drug-likeness (QED) is 0.198. The Balaban J connectivity index is 1.19. The number of halogens is 2. The average Bonchev–Trinajstić information content (AvgIpc) is 3.49. The fourth-order valence-electron chi connectivity index (χ4n) is 12.7. The van der Waals surface area contributed by atoms with E-state index in [1.54, 1.807) is 12.1 Å². The molecule has 2 aromatic carbocycles. The molecule has 4 saturated carbocycles. The van der Waals surface area contributed by atoms with Crippen molar-refractivity contribution in [2.45, 2.75) is 125 Å². The molecule has 4 aliphatic rings. The minimum atomic E-state index is -1.17. The van der Waals surface area contributed by atoms with Crippen molar-refractivity contribution in [1.82, 2.24) is 0 Å². The molecule has 6 nitrogen and oxygen atoms in total. The minimum absolute atomic E-state index is 0.0663. The molecule has 0 aromatic heterocycles. The Morgan fingerprint density at radius 2 is 1.38 bits per heavy atom. The monoisotopic (exact) mass is 794 g/mol. The highest BCUT2D eigenvalue weighted by molar-refractivity contribution is 6.33. The maximum Gasteiger partial charge on any atom is 0.339 e. The molecule has 9 atom stereocenters. The molecule has 9 unspecified atom stereocenters. The van der Waals surface area contributed by atoms with Crippen LogP contribution in [0.4, 0.5) is 0 Å². The Hall–Kier alpha value is -2.70. The number of carboxylic acids is 2. The van der Waals surface area contributed by atoms with Crippen LogP contribution in [0.25, 0.3) is 5.57 Å². The first-order valence-corrected chi connectivity index (χ1v) is 21.8. The van der Waals surface area contributed by atoms with Crippen LogP contribution in [-0.2, 0) is 0 Å². The molecule has 55 heavy (non-hydrogen) atoms. The van der Waals surface area contributed by atoms with Crippen molar-refractivity contribution in [3.8, 4) is 11.5 Å². The maximum atomic E-state index is 12.3. The number of aromatic carboxylic acids is 2. The standard InChI is InChI=1S/C47H64Cl2O6/c1-27(2)10-8-11-28(3)37-16-17-38-34-15-14-32-22-29(18-20-46(32,4)39(34)19-21-47(37,38)5)12-9-13-33(30-23-35(44(50)51)42(54-6)40(48)25-30)31-24-36(45(52)53)43(55-7)41(49)26-31/h13,23-29,32,34,37-39H,8-12,14-22H2,1-7H3,(H,50,51)(H,52,53). The second kappa shape index (κ2) is 17.0. The molecule has 0 spiro atoms. The van der Waals surface area contributed by atoms with Gasteiger partial charge in [0.25, 0.3) is 0 Å². The lowest BCUT2D eigenvalue weighted by atomic mass is 9.44. The molecule has 4 fully saturated rings. The van der Waals surface area contributed by atoms with Gasteiger partial charge in [0, 0.05) is 0 Å². The third-order valence-electron chi connectivity index (χ3n) is 15.5. The minimum Gasteiger partial charge on any atom is -0.494 e. The van der Waals surface area contributed by atoms with Crippen LogP contribution in [-0.4, -0.2) is 36.4 Å². The summed E-state index contributed by atoms with van der Waals surface area (Å²) in [6.45, 7) is 12.6. The van der Waals surface area contributed by atoms with E-state index in [9.17, 15) is 19.8 Å². The van der Waals surface area contributed by atoms with E-state index >= 15 is 0 Å². The largest absolute Gasteiger partial charge is 0.494 e. The summed E-state index contributed by atoms with van der Waals surface area (Å²) < 4.78 is 10.7. The number of methoxy groups -OCH3 is 2. The van der Waals surface area contributed by atoms with Crippen LogP contribution in [0.1, 0.15) is 156 Å². The number of fused-ring (bicyclic) bond motifs is 5. The second-order valence-corrected chi connectivity index (χ2v) is 19.5. The van der Waals surface area contributed by atoms with E-state index in [1.165, 1.54) is 103 Å². The zero-order chi connectivity index (χ0) is 39.8. The summed E-state index contributed by atoms with van der Waals surface area (Å²) in [7, 11) is 2.78. The number of hydrogen-bond acceptors (Lipinski definition) is 4. The Kier molecular flexibility index (Phi) is 13.0. The fraction of sp³-hybridized carbons (Fsp3) is 0.660. The summed E-state index contributed by atoms with van der Waals surface area (Å²) in [5, 5.41) is 20.4. The van der Waals surface area contributed by atoms with Crippen molar-refractivity contribution in [3.63, 3.8) is 0 Å². The summed E-state index contributed by atoms with van der Waals surface area (Å²) in [4.78, 5) is 24.5. The Morgan fingerprint density at radius 3 is 1.95 bits per heavy atom. The number of hydrogen-bond donors (Lipinski definition) is 2. The highest BCUT2D eigenvalue weighted by Gasteiger charge is 2.60. The van der Waals surface area contributed by atoms with Crippen molar-refractivity contribution in [2.75, 3.05) is 14.2 Å². The SMILES string of the molecule is COc1c(Cl)cc(C(=CCCC2CCC3(C)C(CCC4C3CCC3(C)C(C(C)CCCC(C)C)CCC43)C2)c2cc(Cl)c(OC)c(C(=O)O)c2)cc1C(=O)O. The normalized spacial score (nSPS) is 30.5. The Bertz CT molecular complexity index is 1690. The lowest BCUT2D eigenvalue weighted by molar-refractivity contribution is -0.121. The molecule has 0 saturated heterocycles. The van der Waals surface area contributed by atoms with Crippen LogP contribution < -0.4 is 9.47 Å². The molecule has 8 heteroatoms. The van der Waals surface area contributed by atoms with Gasteiger partial charge in [-0.05, 0) is 170 Å². The van der Waals surface area contributed by atoms with Gasteiger partial charge in [-0.15, -0.1) is 0 Å². The molecule has 2 N–H and O–H groups in total. The van der Waals surface area contributed by atoms with E-state index < -0.39 is 11.9 Å². The molecule has 0 bridgehead atoms. The van der Waals surface area contributed by atoms with Gasteiger partial charge in [0.1, 0.15) is 11.1 Å². The van der Waals surface area contributed by atoms with Crippen molar-refractivity contribution < 1.29 is 29.3 Å². The predicted octanol–water partition coefficient (Wildman–Crippen LogP) is 13.4. The van der Waals surface area contributed by atoms with Crippen LogP contribution in [0.2, 0.25) is 10.0 Å². The summed E-state index contributed by atoms with van der Waals surface area (Å²) in [6.07, 6.45) is 20.2. The first kappa shape index (κ1) is 41.9. The van der Waals surface area contributed by atoms with Crippen LogP contribution >= 0.6 is 23.2 Å². The van der Waals surface area contributed by atoms with E-state index in [-0.39, 0.29) is 32.7 Å².